The molecule has 18 heavy (non-hydrogen) atoms. The molecule has 0 aliphatic carbocycles. The van der Waals surface area contributed by atoms with Crippen LogP contribution in [0.25, 0.3) is 0 Å². The van der Waals surface area contributed by atoms with Crippen LogP contribution in [0.1, 0.15) is 15.9 Å². The van der Waals surface area contributed by atoms with E-state index in [0.29, 0.717) is 16.3 Å². The van der Waals surface area contributed by atoms with Crippen LogP contribution in [0.4, 0.5) is 5.69 Å². The van der Waals surface area contributed by atoms with Gasteiger partial charge in [0.1, 0.15) is 0 Å². The number of amides is 1. The molecule has 0 aliphatic heterocycles. The van der Waals surface area contributed by atoms with Gasteiger partial charge in [0.05, 0.1) is 10.2 Å². The van der Waals surface area contributed by atoms with Crippen LogP contribution in [0.5, 0.6) is 0 Å². The molecule has 0 radical (unpaired) electrons. The molecule has 0 unspecified atom stereocenters. The number of rotatable bonds is 2. The summed E-state index contributed by atoms with van der Waals surface area (Å²) in [5, 5.41) is 3.37. The van der Waals surface area contributed by atoms with Crippen LogP contribution in [0.2, 0.25) is 5.02 Å². The van der Waals surface area contributed by atoms with E-state index in [-0.39, 0.29) is 5.91 Å². The van der Waals surface area contributed by atoms with E-state index in [1.165, 1.54) is 0 Å². The molecule has 1 N–H and O–H groups in total. The number of carbonyl (C=O) groups is 1. The van der Waals surface area contributed by atoms with Gasteiger partial charge in [-0.1, -0.05) is 17.7 Å². The average Bonchev–Trinajstić information content (AvgIpc) is 2.35. The number of anilines is 1. The van der Waals surface area contributed by atoms with Crippen LogP contribution in [-0.4, -0.2) is 10.9 Å². The number of aromatic nitrogens is 1. The number of aryl methyl sites for hydroxylation is 1. The Morgan fingerprint density at radius 2 is 2.17 bits per heavy atom. The Labute approximate surface area is 118 Å². The van der Waals surface area contributed by atoms with Gasteiger partial charge in [-0.15, -0.1) is 0 Å². The Bertz CT molecular complexity index is 601. The van der Waals surface area contributed by atoms with Crippen molar-refractivity contribution in [1.82, 2.24) is 4.98 Å². The van der Waals surface area contributed by atoms with Gasteiger partial charge in [-0.2, -0.15) is 0 Å². The summed E-state index contributed by atoms with van der Waals surface area (Å²) in [5.74, 6) is -0.205. The first-order chi connectivity index (χ1) is 8.58. The van der Waals surface area contributed by atoms with E-state index in [9.17, 15) is 4.79 Å². The Morgan fingerprint density at radius 1 is 1.39 bits per heavy atom. The lowest BCUT2D eigenvalue weighted by molar-refractivity contribution is 0.102. The van der Waals surface area contributed by atoms with Crippen LogP contribution >= 0.6 is 27.5 Å². The topological polar surface area (TPSA) is 42.0 Å². The van der Waals surface area contributed by atoms with Crippen molar-refractivity contribution in [3.63, 3.8) is 0 Å². The summed E-state index contributed by atoms with van der Waals surface area (Å²) in [6.45, 7) is 1.89. The molecule has 0 spiro atoms. The van der Waals surface area contributed by atoms with Crippen molar-refractivity contribution in [2.45, 2.75) is 6.92 Å². The highest BCUT2D eigenvalue weighted by atomic mass is 79.9. The molecular formula is C13H10BrClN2O. The Balaban J connectivity index is 2.22. The molecule has 3 nitrogen and oxygen atoms in total. The maximum Gasteiger partial charge on any atom is 0.255 e. The third-order valence-corrected chi connectivity index (χ3v) is 3.49. The maximum atomic E-state index is 12.0. The number of carbonyl (C=O) groups excluding carboxylic acids is 1. The number of benzene rings is 1. The molecule has 0 bridgehead atoms. The fourth-order valence-corrected chi connectivity index (χ4v) is 1.94. The van der Waals surface area contributed by atoms with E-state index in [2.05, 4.69) is 26.2 Å². The molecule has 1 amide bonds. The van der Waals surface area contributed by atoms with Crippen molar-refractivity contribution < 1.29 is 4.79 Å². The van der Waals surface area contributed by atoms with Crippen LogP contribution in [-0.2, 0) is 0 Å². The lowest BCUT2D eigenvalue weighted by Crippen LogP contribution is -2.12. The largest absolute Gasteiger partial charge is 0.321 e. The summed E-state index contributed by atoms with van der Waals surface area (Å²) in [7, 11) is 0. The first-order valence-corrected chi connectivity index (χ1v) is 6.42. The predicted octanol–water partition coefficient (Wildman–Crippen LogP) is 4.06. The highest BCUT2D eigenvalue weighted by Gasteiger charge is 2.09. The number of nitrogens with one attached hydrogen (secondary N) is 1. The number of hydrogen-bond acceptors (Lipinski definition) is 2. The number of nitrogens with zero attached hydrogens (tertiary/aromatic N) is 1. The molecule has 0 saturated carbocycles. The molecule has 2 rings (SSSR count). The van der Waals surface area contributed by atoms with Gasteiger partial charge >= 0.3 is 0 Å². The van der Waals surface area contributed by atoms with Crippen molar-refractivity contribution >= 4 is 39.1 Å². The highest BCUT2D eigenvalue weighted by molar-refractivity contribution is 9.10. The SMILES string of the molecule is Cc1ccc(C(=O)Nc2ccncc2Br)cc1Cl. The molecule has 2 aromatic rings. The summed E-state index contributed by atoms with van der Waals surface area (Å²) in [6.07, 6.45) is 3.24. The Morgan fingerprint density at radius 3 is 2.83 bits per heavy atom. The molecule has 0 aliphatic rings. The van der Waals surface area contributed by atoms with Crippen molar-refractivity contribution in [1.29, 1.82) is 0 Å². The average molecular weight is 326 g/mol. The standard InChI is InChI=1S/C13H10BrClN2O/c1-8-2-3-9(6-11(8)15)13(18)17-12-4-5-16-7-10(12)14/h2-7H,1H3,(H,16,17,18). The van der Waals surface area contributed by atoms with Gasteiger partial charge in [0.25, 0.3) is 5.91 Å². The normalized spacial score (nSPS) is 10.2. The van der Waals surface area contributed by atoms with Gasteiger partial charge in [-0.3, -0.25) is 9.78 Å². The lowest BCUT2D eigenvalue weighted by atomic mass is 10.1. The Kier molecular flexibility index (Phi) is 3.99. The van der Waals surface area contributed by atoms with Crippen molar-refractivity contribution in [2.75, 3.05) is 5.32 Å². The third-order valence-electron chi connectivity index (χ3n) is 2.45. The van der Waals surface area contributed by atoms with Gasteiger partial charge in [0.2, 0.25) is 0 Å². The fourth-order valence-electron chi connectivity index (χ4n) is 1.41. The minimum absolute atomic E-state index is 0.205. The quantitative estimate of drug-likeness (QED) is 0.905. The first kappa shape index (κ1) is 13.1. The molecule has 0 fully saturated rings. The molecule has 1 aromatic heterocycles. The fraction of sp³-hybridized carbons (Fsp3) is 0.0769. The third kappa shape index (κ3) is 2.89. The molecule has 0 atom stereocenters. The van der Waals surface area contributed by atoms with Crippen LogP contribution in [0.3, 0.4) is 0 Å². The van der Waals surface area contributed by atoms with E-state index >= 15 is 0 Å². The van der Waals surface area contributed by atoms with Gasteiger partial charge in [-0.25, -0.2) is 0 Å². The van der Waals surface area contributed by atoms with Gasteiger partial charge < -0.3 is 5.32 Å². The zero-order valence-electron chi connectivity index (χ0n) is 9.58. The molecular weight excluding hydrogens is 316 g/mol. The second-order valence-corrected chi connectivity index (χ2v) is 5.04. The van der Waals surface area contributed by atoms with Gasteiger partial charge in [0.15, 0.2) is 0 Å². The molecule has 1 heterocycles. The van der Waals surface area contributed by atoms with Crippen molar-refractivity contribution in [2.24, 2.45) is 0 Å². The zero-order chi connectivity index (χ0) is 13.1. The smallest absolute Gasteiger partial charge is 0.255 e. The second-order valence-electron chi connectivity index (χ2n) is 3.77. The summed E-state index contributed by atoms with van der Waals surface area (Å²) >= 11 is 9.31. The summed E-state index contributed by atoms with van der Waals surface area (Å²) in [5.41, 5.74) is 2.14. The number of halogens is 2. The van der Waals surface area contributed by atoms with E-state index in [4.69, 9.17) is 11.6 Å². The summed E-state index contributed by atoms with van der Waals surface area (Å²) in [4.78, 5) is 16.0. The van der Waals surface area contributed by atoms with Gasteiger partial charge in [-0.05, 0) is 46.6 Å². The molecule has 1 aromatic carbocycles. The maximum absolute atomic E-state index is 12.0. The van der Waals surface area contributed by atoms with Crippen LogP contribution in [0.15, 0.2) is 41.1 Å². The zero-order valence-corrected chi connectivity index (χ0v) is 11.9. The summed E-state index contributed by atoms with van der Waals surface area (Å²) < 4.78 is 0.733. The molecule has 0 saturated heterocycles. The lowest BCUT2D eigenvalue weighted by Gasteiger charge is -2.07. The molecule has 92 valence electrons. The monoisotopic (exact) mass is 324 g/mol. The van der Waals surface area contributed by atoms with E-state index in [1.54, 1.807) is 30.6 Å². The van der Waals surface area contributed by atoms with Crippen molar-refractivity contribution in [3.8, 4) is 0 Å². The minimum atomic E-state index is -0.205. The van der Waals surface area contributed by atoms with E-state index in [0.717, 1.165) is 10.0 Å². The predicted molar refractivity (Wildman–Crippen MR) is 76.1 cm³/mol. The minimum Gasteiger partial charge on any atom is -0.321 e. The van der Waals surface area contributed by atoms with E-state index in [1.807, 2.05) is 13.0 Å². The molecule has 5 heteroatoms. The first-order valence-electron chi connectivity index (χ1n) is 5.25. The Hall–Kier alpha value is -1.39. The number of hydrogen-bond donors (Lipinski definition) is 1. The number of pyridine rings is 1. The summed E-state index contributed by atoms with van der Waals surface area (Å²) in [6, 6.07) is 6.93. The van der Waals surface area contributed by atoms with Crippen LogP contribution in [0, 0.1) is 6.92 Å². The van der Waals surface area contributed by atoms with E-state index < -0.39 is 0 Å². The van der Waals surface area contributed by atoms with Crippen LogP contribution < -0.4 is 5.32 Å². The highest BCUT2D eigenvalue weighted by Crippen LogP contribution is 2.22. The second kappa shape index (κ2) is 5.50. The van der Waals surface area contributed by atoms with Gasteiger partial charge in [0, 0.05) is 23.0 Å². The van der Waals surface area contributed by atoms with Crippen molar-refractivity contribution in [3.05, 3.63) is 57.3 Å².